The lowest BCUT2D eigenvalue weighted by atomic mass is 9.93. The molecule has 0 aromatic rings. The number of nitrogens with zero attached hydrogens (tertiary/aromatic N) is 2. The Bertz CT molecular complexity index is 1780. The fraction of sp³-hybridized carbons (Fsp3) is 0.674. The molecular formula is C43H65N5O11S. The van der Waals surface area contributed by atoms with Crippen molar-refractivity contribution in [1.82, 2.24) is 25.2 Å². The van der Waals surface area contributed by atoms with Gasteiger partial charge in [0, 0.05) is 39.0 Å². The third kappa shape index (κ3) is 11.5. The van der Waals surface area contributed by atoms with Crippen LogP contribution in [-0.2, 0) is 38.8 Å². The number of hydrogen-bond donors (Lipinski definition) is 6. The quantitative estimate of drug-likeness (QED) is 0.0682. The molecular weight excluding hydrogens is 795 g/mol. The van der Waals surface area contributed by atoms with Crippen molar-refractivity contribution in [3.05, 3.63) is 50.6 Å². The molecule has 6 N–H and O–H groups in total. The second-order valence-electron chi connectivity index (χ2n) is 17.3. The van der Waals surface area contributed by atoms with Crippen LogP contribution in [0.2, 0.25) is 0 Å². The summed E-state index contributed by atoms with van der Waals surface area (Å²) in [5, 5.41) is 34.4. The molecule has 10 atom stereocenters. The summed E-state index contributed by atoms with van der Waals surface area (Å²) >= 11 is 0. The van der Waals surface area contributed by atoms with Crippen molar-refractivity contribution in [1.29, 1.82) is 0 Å². The lowest BCUT2D eigenvalue weighted by Gasteiger charge is -2.26. The van der Waals surface area contributed by atoms with Gasteiger partial charge in [0.25, 0.3) is 5.91 Å². The van der Waals surface area contributed by atoms with Gasteiger partial charge in [-0.05, 0) is 89.9 Å². The molecule has 0 radical (unpaired) electrons. The monoisotopic (exact) mass is 859 g/mol. The zero-order valence-electron chi connectivity index (χ0n) is 35.1. The van der Waals surface area contributed by atoms with Gasteiger partial charge >= 0.3 is 5.97 Å². The molecule has 17 heteroatoms. The minimum atomic E-state index is -3.77. The van der Waals surface area contributed by atoms with E-state index >= 15 is 0 Å². The summed E-state index contributed by atoms with van der Waals surface area (Å²) in [6.07, 6.45) is 12.6. The SMILES string of the molecule is C=CCCCCN(C)C(=O)[C@@H]1C[C@H](O)C[C@H]1C(=O)N[C@]1(C(=O)NS(=O)(=O)C2CC2)C[C@H]1C=C.C=CCCCCN(C)C(=O)[C@@H]1C[C@H](O)C[C@H]1C(=O)N[C@]1(C(=O)O)C[C@H]1C=C. The molecule has 5 aliphatic carbocycles. The highest BCUT2D eigenvalue weighted by Gasteiger charge is 2.63. The van der Waals surface area contributed by atoms with Crippen LogP contribution >= 0.6 is 0 Å². The van der Waals surface area contributed by atoms with E-state index < -0.39 is 91.8 Å². The number of aliphatic carboxylic acids is 1. The number of rotatable bonds is 22. The maximum Gasteiger partial charge on any atom is 0.330 e. The van der Waals surface area contributed by atoms with Gasteiger partial charge in [-0.3, -0.25) is 28.7 Å². The number of carboxylic acid groups (broad SMARTS) is 1. The van der Waals surface area contributed by atoms with E-state index in [0.29, 0.717) is 32.4 Å². The lowest BCUT2D eigenvalue weighted by Crippen LogP contribution is -2.54. The fourth-order valence-electron chi connectivity index (χ4n) is 8.57. The van der Waals surface area contributed by atoms with Gasteiger partial charge in [-0.1, -0.05) is 24.3 Å². The molecule has 5 rings (SSSR count). The number of allylic oxidation sites excluding steroid dienone is 2. The van der Waals surface area contributed by atoms with E-state index in [4.69, 9.17) is 0 Å². The predicted molar refractivity (Wildman–Crippen MR) is 224 cm³/mol. The lowest BCUT2D eigenvalue weighted by molar-refractivity contribution is -0.145. The van der Waals surface area contributed by atoms with Gasteiger partial charge in [0.15, 0.2) is 0 Å². The second-order valence-corrected chi connectivity index (χ2v) is 19.2. The van der Waals surface area contributed by atoms with Gasteiger partial charge in [-0.2, -0.15) is 0 Å². The minimum Gasteiger partial charge on any atom is -0.479 e. The molecule has 5 saturated carbocycles. The van der Waals surface area contributed by atoms with E-state index in [0.717, 1.165) is 38.5 Å². The summed E-state index contributed by atoms with van der Waals surface area (Å²) in [5.74, 6) is -6.79. The Hall–Kier alpha value is -4.35. The van der Waals surface area contributed by atoms with Crippen molar-refractivity contribution >= 4 is 45.5 Å². The summed E-state index contributed by atoms with van der Waals surface area (Å²) in [5.41, 5.74) is -2.71. The number of aliphatic hydroxyl groups is 2. The molecule has 334 valence electrons. The fourth-order valence-corrected chi connectivity index (χ4v) is 9.93. The van der Waals surface area contributed by atoms with Crippen LogP contribution in [0.5, 0.6) is 0 Å². The Labute approximate surface area is 354 Å². The first-order valence-corrected chi connectivity index (χ1v) is 22.6. The van der Waals surface area contributed by atoms with Crippen LogP contribution in [-0.4, -0.2) is 125 Å². The highest BCUT2D eigenvalue weighted by Crippen LogP contribution is 2.47. The Morgan fingerprint density at radius 2 is 1.07 bits per heavy atom. The normalized spacial score (nSPS) is 31.3. The van der Waals surface area contributed by atoms with Gasteiger partial charge in [-0.25, -0.2) is 13.2 Å². The van der Waals surface area contributed by atoms with Crippen LogP contribution < -0.4 is 15.4 Å². The molecule has 16 nitrogen and oxygen atoms in total. The first-order valence-electron chi connectivity index (χ1n) is 21.1. The number of carboxylic acids is 1. The van der Waals surface area contributed by atoms with Gasteiger partial charge < -0.3 is 35.8 Å². The molecule has 0 unspecified atom stereocenters. The molecule has 5 amide bonds. The Kier molecular flexibility index (Phi) is 16.5. The van der Waals surface area contributed by atoms with Crippen LogP contribution in [0.15, 0.2) is 50.6 Å². The Morgan fingerprint density at radius 3 is 1.43 bits per heavy atom. The summed E-state index contributed by atoms with van der Waals surface area (Å²) in [7, 11) is -0.385. The number of nitrogens with one attached hydrogen (secondary N) is 3. The first-order chi connectivity index (χ1) is 28.3. The molecule has 0 aromatic carbocycles. The van der Waals surface area contributed by atoms with E-state index in [9.17, 15) is 52.5 Å². The molecule has 0 heterocycles. The Balaban J connectivity index is 0.000000270. The second kappa shape index (κ2) is 20.5. The van der Waals surface area contributed by atoms with E-state index in [1.54, 1.807) is 23.9 Å². The van der Waals surface area contributed by atoms with E-state index in [1.165, 1.54) is 12.2 Å². The average molecular weight is 860 g/mol. The van der Waals surface area contributed by atoms with Crippen molar-refractivity contribution in [2.24, 2.45) is 35.5 Å². The average Bonchev–Trinajstić information content (AvgIpc) is 4.16. The van der Waals surface area contributed by atoms with Crippen molar-refractivity contribution in [3.8, 4) is 0 Å². The maximum absolute atomic E-state index is 13.2. The zero-order chi connectivity index (χ0) is 44.6. The number of unbranched alkanes of at least 4 members (excludes halogenated alkanes) is 4. The number of amides is 5. The summed E-state index contributed by atoms with van der Waals surface area (Å²) in [6.45, 7) is 15.8. The largest absolute Gasteiger partial charge is 0.479 e. The molecule has 0 aromatic heterocycles. The van der Waals surface area contributed by atoms with Crippen LogP contribution in [0, 0.1) is 35.5 Å². The van der Waals surface area contributed by atoms with E-state index in [1.807, 2.05) is 12.2 Å². The summed E-state index contributed by atoms with van der Waals surface area (Å²) < 4.78 is 26.6. The van der Waals surface area contributed by atoms with E-state index in [-0.39, 0.29) is 49.8 Å². The minimum absolute atomic E-state index is 0.114. The maximum atomic E-state index is 13.2. The van der Waals surface area contributed by atoms with Gasteiger partial charge in [0.05, 0.1) is 41.1 Å². The number of carbonyl (C=O) groups is 6. The molecule has 0 bridgehead atoms. The first kappa shape index (κ1) is 48.3. The van der Waals surface area contributed by atoms with Gasteiger partial charge in [-0.15, -0.1) is 26.3 Å². The van der Waals surface area contributed by atoms with Crippen molar-refractivity contribution in [2.75, 3.05) is 27.2 Å². The number of hydrogen-bond acceptors (Lipinski definition) is 10. The molecule has 5 aliphatic rings. The van der Waals surface area contributed by atoms with Crippen LogP contribution in [0.3, 0.4) is 0 Å². The number of sulfonamides is 1. The van der Waals surface area contributed by atoms with Gasteiger partial charge in [0.2, 0.25) is 33.7 Å². The number of carbonyl (C=O) groups excluding carboxylic acids is 5. The highest BCUT2D eigenvalue weighted by atomic mass is 32.2. The Morgan fingerprint density at radius 1 is 0.667 bits per heavy atom. The van der Waals surface area contributed by atoms with Crippen LogP contribution in [0.4, 0.5) is 0 Å². The third-order valence-corrected chi connectivity index (χ3v) is 14.5. The standard InChI is InChI=1S/C23H35N3O6S.C20H30N2O5/c1-4-6-7-8-11-26(3)21(29)19-13-16(27)12-18(19)20(28)24-23(14-15(23)5-2)22(30)25-33(31,32)17-9-10-17;1-4-6-7-8-9-22(3)18(25)16-11-14(23)10-15(16)17(24)21-20(19(26)27)12-13(20)5-2/h4-5,15-19,27H,1-2,6-14H2,3H3,(H,24,28)(H,25,30);4-5,13-16,23H,1-2,6-12H2,3H3,(H,21,24)(H,26,27)/t15-,16-,18-,19-,23-;13-,14-,15-,16-,20-/m11/s1. The van der Waals surface area contributed by atoms with Crippen molar-refractivity contribution in [2.45, 2.75) is 118 Å². The molecule has 0 spiro atoms. The molecule has 60 heavy (non-hydrogen) atoms. The third-order valence-electron chi connectivity index (χ3n) is 12.7. The molecule has 5 fully saturated rings. The zero-order valence-corrected chi connectivity index (χ0v) is 35.9. The van der Waals surface area contributed by atoms with Gasteiger partial charge in [0.1, 0.15) is 11.1 Å². The summed E-state index contributed by atoms with van der Waals surface area (Å²) in [6, 6.07) is 0. The van der Waals surface area contributed by atoms with Crippen LogP contribution in [0.1, 0.15) is 89.9 Å². The van der Waals surface area contributed by atoms with Crippen molar-refractivity contribution < 1.29 is 52.5 Å². The topological polar surface area (TPSA) is 240 Å². The molecule has 0 aliphatic heterocycles. The smallest absolute Gasteiger partial charge is 0.330 e. The summed E-state index contributed by atoms with van der Waals surface area (Å²) in [4.78, 5) is 79.4. The molecule has 0 saturated heterocycles. The van der Waals surface area contributed by atoms with E-state index in [2.05, 4.69) is 41.7 Å². The highest BCUT2D eigenvalue weighted by molar-refractivity contribution is 7.91. The number of aliphatic hydroxyl groups excluding tert-OH is 2. The van der Waals surface area contributed by atoms with Crippen molar-refractivity contribution in [3.63, 3.8) is 0 Å². The van der Waals surface area contributed by atoms with Crippen LogP contribution in [0.25, 0.3) is 0 Å². The predicted octanol–water partition coefficient (Wildman–Crippen LogP) is 2.19.